The molecule has 3 amide bonds. The van der Waals surface area contributed by atoms with Crippen LogP contribution in [0.25, 0.3) is 0 Å². The number of aliphatic hydroxyl groups excluding tert-OH is 1. The van der Waals surface area contributed by atoms with Crippen LogP contribution in [0.4, 0.5) is 11.4 Å². The number of nitrogens with zero attached hydrogens (tertiary/aromatic N) is 2. The number of rotatable bonds is 11. The van der Waals surface area contributed by atoms with E-state index in [2.05, 4.69) is 36.3 Å². The number of carbonyl (C=O) groups is 3. The number of nitrogens with one attached hydrogen (secondary N) is 2. The summed E-state index contributed by atoms with van der Waals surface area (Å²) in [4.78, 5) is 44.8. The van der Waals surface area contributed by atoms with Crippen molar-refractivity contribution in [2.24, 2.45) is 17.8 Å². The van der Waals surface area contributed by atoms with Crippen molar-refractivity contribution >= 4 is 40.9 Å². The standard InChI is InChI=1S/C27H40N4O4S/c1-5-13-28-24(33)21-20-16-17(4)27(36-20)22(21)26(35)31(14-8-15-32)23(27)25(34)29-18-9-11-19(12-10-18)30(6-2)7-3/h9-12,17,20-23,32H,5-8,13-16H2,1-4H3,(H,28,33)(H,29,34)/t17?,20-,21+,22+,23?,27?/m1/s1. The van der Waals surface area contributed by atoms with E-state index in [4.69, 9.17) is 0 Å². The zero-order valence-electron chi connectivity index (χ0n) is 21.8. The Morgan fingerprint density at radius 2 is 1.86 bits per heavy atom. The van der Waals surface area contributed by atoms with E-state index in [9.17, 15) is 19.5 Å². The molecule has 198 valence electrons. The molecule has 3 fully saturated rings. The molecule has 0 saturated carbocycles. The van der Waals surface area contributed by atoms with Gasteiger partial charge < -0.3 is 25.5 Å². The molecule has 8 nitrogen and oxygen atoms in total. The molecule has 3 saturated heterocycles. The summed E-state index contributed by atoms with van der Waals surface area (Å²) in [6.45, 7) is 11.0. The van der Waals surface area contributed by atoms with Crippen molar-refractivity contribution in [2.75, 3.05) is 43.0 Å². The Labute approximate surface area is 218 Å². The van der Waals surface area contributed by atoms with E-state index >= 15 is 0 Å². The molecule has 9 heteroatoms. The molecule has 6 atom stereocenters. The van der Waals surface area contributed by atoms with Gasteiger partial charge in [-0.15, -0.1) is 11.8 Å². The molecule has 0 aromatic heterocycles. The van der Waals surface area contributed by atoms with Crippen LogP contribution in [-0.2, 0) is 14.4 Å². The van der Waals surface area contributed by atoms with E-state index in [0.29, 0.717) is 25.2 Å². The average Bonchev–Trinajstić information content (AvgIpc) is 3.46. The van der Waals surface area contributed by atoms with Gasteiger partial charge in [0.2, 0.25) is 17.7 Å². The van der Waals surface area contributed by atoms with Gasteiger partial charge in [0.15, 0.2) is 0 Å². The Balaban J connectivity index is 1.63. The van der Waals surface area contributed by atoms with Crippen LogP contribution in [0.5, 0.6) is 0 Å². The monoisotopic (exact) mass is 516 g/mol. The molecule has 3 aliphatic rings. The van der Waals surface area contributed by atoms with Crippen molar-refractivity contribution in [2.45, 2.75) is 63.0 Å². The van der Waals surface area contributed by atoms with E-state index < -0.39 is 22.6 Å². The smallest absolute Gasteiger partial charge is 0.248 e. The van der Waals surface area contributed by atoms with Crippen LogP contribution in [0.15, 0.2) is 24.3 Å². The van der Waals surface area contributed by atoms with Gasteiger partial charge in [-0.2, -0.15) is 0 Å². The minimum absolute atomic E-state index is 0.0365. The molecule has 36 heavy (non-hydrogen) atoms. The van der Waals surface area contributed by atoms with E-state index in [1.165, 1.54) is 0 Å². The second-order valence-corrected chi connectivity index (χ2v) is 11.7. The Kier molecular flexibility index (Phi) is 8.19. The van der Waals surface area contributed by atoms with E-state index in [0.717, 1.165) is 31.6 Å². The summed E-state index contributed by atoms with van der Waals surface area (Å²) in [6.07, 6.45) is 2.04. The zero-order valence-corrected chi connectivity index (χ0v) is 22.6. The summed E-state index contributed by atoms with van der Waals surface area (Å²) >= 11 is 1.67. The summed E-state index contributed by atoms with van der Waals surface area (Å²) in [7, 11) is 0. The number of hydrogen-bond acceptors (Lipinski definition) is 6. The Hall–Kier alpha value is -2.26. The third-order valence-corrected chi connectivity index (χ3v) is 10.2. The van der Waals surface area contributed by atoms with Crippen LogP contribution in [0.2, 0.25) is 0 Å². The lowest BCUT2D eigenvalue weighted by molar-refractivity contribution is -0.139. The van der Waals surface area contributed by atoms with Crippen molar-refractivity contribution in [3.8, 4) is 0 Å². The number of amides is 3. The molecule has 3 aliphatic heterocycles. The van der Waals surface area contributed by atoms with Crippen molar-refractivity contribution < 1.29 is 19.5 Å². The minimum atomic E-state index is -0.682. The van der Waals surface area contributed by atoms with Gasteiger partial charge in [0.1, 0.15) is 6.04 Å². The normalized spacial score (nSPS) is 30.4. The van der Waals surface area contributed by atoms with Gasteiger partial charge in [-0.25, -0.2) is 0 Å². The van der Waals surface area contributed by atoms with Gasteiger partial charge in [-0.3, -0.25) is 14.4 Å². The molecule has 1 spiro atoms. The number of anilines is 2. The van der Waals surface area contributed by atoms with Gasteiger partial charge >= 0.3 is 0 Å². The number of aliphatic hydroxyl groups is 1. The molecular weight excluding hydrogens is 476 g/mol. The molecule has 3 unspecified atom stereocenters. The average molecular weight is 517 g/mol. The van der Waals surface area contributed by atoms with Crippen molar-refractivity contribution in [3.05, 3.63) is 24.3 Å². The summed E-state index contributed by atoms with van der Waals surface area (Å²) in [6, 6.07) is 7.12. The number of fused-ring (bicyclic) bond motifs is 1. The fraction of sp³-hybridized carbons (Fsp3) is 0.667. The van der Waals surface area contributed by atoms with Crippen LogP contribution < -0.4 is 15.5 Å². The van der Waals surface area contributed by atoms with Crippen molar-refractivity contribution in [1.82, 2.24) is 10.2 Å². The number of benzene rings is 1. The Bertz CT molecular complexity index is 969. The lowest BCUT2D eigenvalue weighted by atomic mass is 9.66. The SMILES string of the molecule is CCCNC(=O)[C@@H]1[C@H]2C(=O)N(CCCO)C(C(=O)Nc3ccc(N(CC)CC)cc3)C23S[C@@H]1CC3C. The van der Waals surface area contributed by atoms with E-state index in [1.54, 1.807) is 16.7 Å². The molecular formula is C27H40N4O4S. The van der Waals surface area contributed by atoms with Crippen LogP contribution >= 0.6 is 11.8 Å². The van der Waals surface area contributed by atoms with E-state index in [-0.39, 0.29) is 35.5 Å². The fourth-order valence-electron chi connectivity index (χ4n) is 6.52. The summed E-state index contributed by atoms with van der Waals surface area (Å²) < 4.78 is -0.642. The zero-order chi connectivity index (χ0) is 26.0. The maximum absolute atomic E-state index is 13.9. The number of thioether (sulfide) groups is 1. The van der Waals surface area contributed by atoms with Gasteiger partial charge in [0.05, 0.1) is 16.6 Å². The van der Waals surface area contributed by atoms with Gasteiger partial charge in [0, 0.05) is 49.4 Å². The van der Waals surface area contributed by atoms with Crippen molar-refractivity contribution in [3.63, 3.8) is 0 Å². The minimum Gasteiger partial charge on any atom is -0.396 e. The summed E-state index contributed by atoms with van der Waals surface area (Å²) in [5, 5.41) is 15.6. The predicted molar refractivity (Wildman–Crippen MR) is 144 cm³/mol. The quantitative estimate of drug-likeness (QED) is 0.418. The highest BCUT2D eigenvalue weighted by atomic mass is 32.2. The molecule has 3 heterocycles. The van der Waals surface area contributed by atoms with E-state index in [1.807, 2.05) is 31.2 Å². The van der Waals surface area contributed by atoms with Crippen LogP contribution in [-0.4, -0.2) is 76.6 Å². The maximum Gasteiger partial charge on any atom is 0.248 e. The first-order valence-corrected chi connectivity index (χ1v) is 14.2. The molecule has 0 aliphatic carbocycles. The Morgan fingerprint density at radius 1 is 1.17 bits per heavy atom. The summed E-state index contributed by atoms with van der Waals surface area (Å²) in [5.74, 6) is -1.23. The van der Waals surface area contributed by atoms with Gasteiger partial charge in [-0.1, -0.05) is 13.8 Å². The van der Waals surface area contributed by atoms with Gasteiger partial charge in [-0.05, 0) is 63.3 Å². The summed E-state index contributed by atoms with van der Waals surface area (Å²) in [5.41, 5.74) is 1.78. The number of hydrogen-bond donors (Lipinski definition) is 3. The largest absolute Gasteiger partial charge is 0.396 e. The highest BCUT2D eigenvalue weighted by molar-refractivity contribution is 8.02. The van der Waals surface area contributed by atoms with Crippen molar-refractivity contribution in [1.29, 1.82) is 0 Å². The topological polar surface area (TPSA) is 102 Å². The first kappa shape index (κ1) is 26.8. The highest BCUT2D eigenvalue weighted by Gasteiger charge is 2.75. The molecule has 1 aromatic carbocycles. The molecule has 2 bridgehead atoms. The van der Waals surface area contributed by atoms with Crippen LogP contribution in [0.3, 0.4) is 0 Å². The number of likely N-dealkylation sites (tertiary alicyclic amines) is 1. The molecule has 4 rings (SSSR count). The van der Waals surface area contributed by atoms with Crippen LogP contribution in [0, 0.1) is 17.8 Å². The lowest BCUT2D eigenvalue weighted by Crippen LogP contribution is -2.55. The fourth-order valence-corrected chi connectivity index (χ4v) is 8.94. The molecule has 1 aromatic rings. The predicted octanol–water partition coefficient (Wildman–Crippen LogP) is 2.72. The first-order valence-electron chi connectivity index (χ1n) is 13.4. The second kappa shape index (κ2) is 11.0. The molecule has 3 N–H and O–H groups in total. The second-order valence-electron chi connectivity index (χ2n) is 10.2. The Morgan fingerprint density at radius 3 is 2.47 bits per heavy atom. The molecule has 0 radical (unpaired) electrons. The third kappa shape index (κ3) is 4.38. The van der Waals surface area contributed by atoms with Crippen LogP contribution in [0.1, 0.15) is 47.0 Å². The maximum atomic E-state index is 13.9. The third-order valence-electron chi connectivity index (χ3n) is 8.17. The first-order chi connectivity index (χ1) is 17.3. The highest BCUT2D eigenvalue weighted by Crippen LogP contribution is 2.68. The lowest BCUT2D eigenvalue weighted by Gasteiger charge is -2.38. The van der Waals surface area contributed by atoms with Gasteiger partial charge in [0.25, 0.3) is 0 Å². The number of carbonyl (C=O) groups excluding carboxylic acids is 3.